The Kier molecular flexibility index (Phi) is 7.46. The lowest BCUT2D eigenvalue weighted by atomic mass is 10.1. The number of hydrogen-bond acceptors (Lipinski definition) is 3. The third-order valence-corrected chi connectivity index (χ3v) is 4.30. The van der Waals surface area contributed by atoms with Crippen molar-refractivity contribution in [1.82, 2.24) is 10.2 Å². The second kappa shape index (κ2) is 8.61. The van der Waals surface area contributed by atoms with Crippen LogP contribution in [0.5, 0.6) is 5.75 Å². The number of benzene rings is 1. The highest BCUT2D eigenvalue weighted by Crippen LogP contribution is 2.23. The van der Waals surface area contributed by atoms with E-state index in [1.54, 1.807) is 19.1 Å². The minimum absolute atomic E-state index is 0. The highest BCUT2D eigenvalue weighted by Gasteiger charge is 2.29. The summed E-state index contributed by atoms with van der Waals surface area (Å²) in [5.41, 5.74) is 0.948. The van der Waals surface area contributed by atoms with E-state index < -0.39 is 6.10 Å². The van der Waals surface area contributed by atoms with Gasteiger partial charge in [-0.15, -0.1) is 12.4 Å². The van der Waals surface area contributed by atoms with Crippen molar-refractivity contribution in [2.45, 2.75) is 26.4 Å². The Hall–Kier alpha value is -0.970. The number of amides is 1. The molecule has 1 amide bonds. The molecule has 4 nitrogen and oxygen atoms in total. The van der Waals surface area contributed by atoms with Gasteiger partial charge in [0.05, 0.1) is 0 Å². The molecule has 0 radical (unpaired) electrons. The molecule has 0 aliphatic carbocycles. The number of likely N-dealkylation sites (tertiary alicyclic amines) is 1. The van der Waals surface area contributed by atoms with Crippen molar-refractivity contribution < 1.29 is 9.53 Å². The molecule has 124 valence electrons. The fraction of sp³-hybridized carbons (Fsp3) is 0.562. The van der Waals surface area contributed by atoms with Gasteiger partial charge < -0.3 is 15.0 Å². The Balaban J connectivity index is 0.00000242. The summed E-state index contributed by atoms with van der Waals surface area (Å²) in [4.78, 5) is 14.3. The Morgan fingerprint density at radius 2 is 2.27 bits per heavy atom. The van der Waals surface area contributed by atoms with Gasteiger partial charge in [-0.25, -0.2) is 0 Å². The Bertz CT molecular complexity index is 511. The molecule has 0 bridgehead atoms. The second-order valence-corrected chi connectivity index (χ2v) is 6.07. The molecule has 1 aromatic rings. The number of carbonyl (C=O) groups excluding carboxylic acids is 1. The van der Waals surface area contributed by atoms with Crippen molar-refractivity contribution >= 4 is 29.9 Å². The molecule has 0 spiro atoms. The largest absolute Gasteiger partial charge is 0.481 e. The molecule has 1 heterocycles. The Morgan fingerprint density at radius 1 is 1.55 bits per heavy atom. The summed E-state index contributed by atoms with van der Waals surface area (Å²) in [5, 5.41) is 3.87. The molecule has 2 unspecified atom stereocenters. The van der Waals surface area contributed by atoms with E-state index in [9.17, 15) is 4.79 Å². The van der Waals surface area contributed by atoms with Crippen LogP contribution in [0.3, 0.4) is 0 Å². The Morgan fingerprint density at radius 3 is 2.91 bits per heavy atom. The van der Waals surface area contributed by atoms with Crippen LogP contribution in [0.2, 0.25) is 5.02 Å². The van der Waals surface area contributed by atoms with E-state index in [-0.39, 0.29) is 18.3 Å². The predicted octanol–water partition coefficient (Wildman–Crippen LogP) is 2.91. The average molecular weight is 347 g/mol. The lowest BCUT2D eigenvalue weighted by Crippen LogP contribution is -2.39. The second-order valence-electron chi connectivity index (χ2n) is 5.67. The zero-order valence-corrected chi connectivity index (χ0v) is 14.8. The first-order chi connectivity index (χ1) is 10.0. The van der Waals surface area contributed by atoms with Gasteiger partial charge in [0.1, 0.15) is 5.75 Å². The Labute approximate surface area is 143 Å². The molecule has 0 saturated carbocycles. The van der Waals surface area contributed by atoms with Crippen LogP contribution in [-0.4, -0.2) is 43.6 Å². The third-order valence-electron chi connectivity index (χ3n) is 3.88. The van der Waals surface area contributed by atoms with Crippen LogP contribution in [0.1, 0.15) is 18.9 Å². The number of nitrogens with zero attached hydrogens (tertiary/aromatic N) is 1. The average Bonchev–Trinajstić information content (AvgIpc) is 2.91. The van der Waals surface area contributed by atoms with Crippen LogP contribution in [0.25, 0.3) is 0 Å². The van der Waals surface area contributed by atoms with Crippen molar-refractivity contribution in [2.75, 3.05) is 26.7 Å². The van der Waals surface area contributed by atoms with Crippen LogP contribution in [0, 0.1) is 12.8 Å². The molecule has 6 heteroatoms. The fourth-order valence-corrected chi connectivity index (χ4v) is 2.81. The summed E-state index contributed by atoms with van der Waals surface area (Å²) in [7, 11) is 1.94. The summed E-state index contributed by atoms with van der Waals surface area (Å²) < 4.78 is 5.75. The molecular formula is C16H24Cl2N2O2. The lowest BCUT2D eigenvalue weighted by molar-refractivity contribution is -0.137. The first-order valence-corrected chi connectivity index (χ1v) is 7.75. The fourth-order valence-electron chi connectivity index (χ4n) is 2.69. The zero-order valence-electron chi connectivity index (χ0n) is 13.3. The standard InChI is InChI=1S/C16H23ClN2O2.ClH/c1-11-8-14(4-5-15(11)17)21-12(2)16(20)19-7-6-13(10-19)9-18-3;/h4-5,8,12-13,18H,6-7,9-10H2,1-3H3;1H. The SMILES string of the molecule is CNCC1CCN(C(=O)C(C)Oc2ccc(Cl)c(C)c2)C1.Cl. The van der Waals surface area contributed by atoms with Crippen LogP contribution in [0.15, 0.2) is 18.2 Å². The van der Waals surface area contributed by atoms with E-state index in [4.69, 9.17) is 16.3 Å². The number of nitrogens with one attached hydrogen (secondary N) is 1. The quantitative estimate of drug-likeness (QED) is 0.891. The van der Waals surface area contributed by atoms with Crippen molar-refractivity contribution in [2.24, 2.45) is 5.92 Å². The molecule has 22 heavy (non-hydrogen) atoms. The van der Waals surface area contributed by atoms with E-state index in [1.807, 2.05) is 24.9 Å². The number of halogens is 2. The van der Waals surface area contributed by atoms with Crippen molar-refractivity contribution in [3.63, 3.8) is 0 Å². The van der Waals surface area contributed by atoms with Crippen LogP contribution >= 0.6 is 24.0 Å². The monoisotopic (exact) mass is 346 g/mol. The van der Waals surface area contributed by atoms with E-state index in [0.717, 1.165) is 31.6 Å². The third kappa shape index (κ3) is 4.77. The summed E-state index contributed by atoms with van der Waals surface area (Å²) in [6, 6.07) is 5.45. The molecular weight excluding hydrogens is 323 g/mol. The van der Waals surface area contributed by atoms with Crippen LogP contribution in [-0.2, 0) is 4.79 Å². The minimum Gasteiger partial charge on any atom is -0.481 e. The molecule has 2 rings (SSSR count). The summed E-state index contributed by atoms with van der Waals surface area (Å²) in [6.45, 7) is 6.31. The summed E-state index contributed by atoms with van der Waals surface area (Å²) >= 11 is 5.99. The molecule has 1 aliphatic rings. The van der Waals surface area contributed by atoms with Gasteiger partial charge >= 0.3 is 0 Å². The summed E-state index contributed by atoms with van der Waals surface area (Å²) in [6.07, 6.45) is 0.582. The van der Waals surface area contributed by atoms with Crippen LogP contribution < -0.4 is 10.1 Å². The highest BCUT2D eigenvalue weighted by atomic mass is 35.5. The molecule has 1 aliphatic heterocycles. The number of ether oxygens (including phenoxy) is 1. The van der Waals surface area contributed by atoms with E-state index in [1.165, 1.54) is 0 Å². The zero-order chi connectivity index (χ0) is 15.4. The maximum Gasteiger partial charge on any atom is 0.263 e. The van der Waals surface area contributed by atoms with E-state index in [0.29, 0.717) is 16.7 Å². The van der Waals surface area contributed by atoms with E-state index in [2.05, 4.69) is 5.32 Å². The van der Waals surface area contributed by atoms with Crippen LogP contribution in [0.4, 0.5) is 0 Å². The molecule has 1 aromatic carbocycles. The van der Waals surface area contributed by atoms with Gasteiger partial charge in [-0.2, -0.15) is 0 Å². The number of hydrogen-bond donors (Lipinski definition) is 1. The van der Waals surface area contributed by atoms with E-state index >= 15 is 0 Å². The first kappa shape index (κ1) is 19.1. The normalized spacial score (nSPS) is 18.7. The number of aryl methyl sites for hydroxylation is 1. The lowest BCUT2D eigenvalue weighted by Gasteiger charge is -2.22. The molecule has 1 N–H and O–H groups in total. The van der Waals surface area contributed by atoms with Gasteiger partial charge in [0.2, 0.25) is 0 Å². The van der Waals surface area contributed by atoms with Gasteiger partial charge in [-0.05, 0) is 63.5 Å². The molecule has 1 saturated heterocycles. The minimum atomic E-state index is -0.473. The van der Waals surface area contributed by atoms with Crippen molar-refractivity contribution in [1.29, 1.82) is 0 Å². The number of rotatable bonds is 5. The molecule has 0 aromatic heterocycles. The van der Waals surface area contributed by atoms with Gasteiger partial charge in [0.25, 0.3) is 5.91 Å². The van der Waals surface area contributed by atoms with Gasteiger partial charge in [0.15, 0.2) is 6.10 Å². The van der Waals surface area contributed by atoms with Crippen molar-refractivity contribution in [3.8, 4) is 5.75 Å². The molecule has 2 atom stereocenters. The van der Waals surface area contributed by atoms with Crippen molar-refractivity contribution in [3.05, 3.63) is 28.8 Å². The number of carbonyl (C=O) groups is 1. The topological polar surface area (TPSA) is 41.6 Å². The summed E-state index contributed by atoms with van der Waals surface area (Å²) in [5.74, 6) is 1.29. The highest BCUT2D eigenvalue weighted by molar-refractivity contribution is 6.31. The maximum atomic E-state index is 12.4. The van der Waals surface area contributed by atoms with Gasteiger partial charge in [-0.3, -0.25) is 4.79 Å². The molecule has 1 fully saturated rings. The first-order valence-electron chi connectivity index (χ1n) is 7.37. The predicted molar refractivity (Wildman–Crippen MR) is 92.1 cm³/mol. The smallest absolute Gasteiger partial charge is 0.263 e. The van der Waals surface area contributed by atoms with Gasteiger partial charge in [-0.1, -0.05) is 11.6 Å². The maximum absolute atomic E-state index is 12.4. The van der Waals surface area contributed by atoms with Gasteiger partial charge in [0, 0.05) is 18.1 Å².